The van der Waals surface area contributed by atoms with Gasteiger partial charge in [-0.3, -0.25) is 4.79 Å². The first-order chi connectivity index (χ1) is 12.2. The molecule has 2 N–H and O–H groups in total. The van der Waals surface area contributed by atoms with Crippen LogP contribution in [0.2, 0.25) is 0 Å². The molecule has 1 unspecified atom stereocenters. The minimum atomic E-state index is -0.831. The van der Waals surface area contributed by atoms with Crippen LogP contribution in [0.4, 0.5) is 0 Å². The van der Waals surface area contributed by atoms with E-state index in [1.165, 1.54) is 25.2 Å². The third-order valence-electron chi connectivity index (χ3n) is 4.46. The largest absolute Gasteiger partial charge is 0.508 e. The Hall–Kier alpha value is -1.81. The number of carboxylic acid groups (broad SMARTS) is 1. The zero-order valence-electron chi connectivity index (χ0n) is 17.4. The van der Waals surface area contributed by atoms with Gasteiger partial charge >= 0.3 is 5.97 Å². The van der Waals surface area contributed by atoms with E-state index < -0.39 is 5.97 Å². The second-order valence-electron chi connectivity index (χ2n) is 6.84. The molecular weight excluding hydrogens is 326 g/mol. The molecule has 0 aliphatic carbocycles. The fraction of sp³-hybridized carbons (Fsp3) is 0.591. The third kappa shape index (κ3) is 10.2. The summed E-state index contributed by atoms with van der Waals surface area (Å²) < 4.78 is 0. The molecule has 1 aromatic rings. The van der Waals surface area contributed by atoms with Crippen LogP contribution in [0.15, 0.2) is 29.8 Å². The van der Waals surface area contributed by atoms with Crippen molar-refractivity contribution in [3.05, 3.63) is 41.0 Å². The summed E-state index contributed by atoms with van der Waals surface area (Å²) in [6.45, 7) is 16.1. The average molecular weight is 364 g/mol. The number of hydrogen-bond donors (Lipinski definition) is 2. The zero-order valence-corrected chi connectivity index (χ0v) is 17.4. The molecule has 1 aromatic carbocycles. The van der Waals surface area contributed by atoms with Gasteiger partial charge in [-0.1, -0.05) is 44.6 Å². The minimum absolute atomic E-state index is 0.0488. The Morgan fingerprint density at radius 1 is 1.15 bits per heavy atom. The van der Waals surface area contributed by atoms with Crippen molar-refractivity contribution in [2.45, 2.75) is 66.7 Å². The molecule has 4 nitrogen and oxygen atoms in total. The topological polar surface area (TPSA) is 60.8 Å². The van der Waals surface area contributed by atoms with Gasteiger partial charge in [0.2, 0.25) is 0 Å². The summed E-state index contributed by atoms with van der Waals surface area (Å²) >= 11 is 0. The van der Waals surface area contributed by atoms with Gasteiger partial charge in [-0.15, -0.1) is 0 Å². The second-order valence-corrected chi connectivity index (χ2v) is 6.84. The molecule has 0 fully saturated rings. The molecule has 148 valence electrons. The lowest BCUT2D eigenvalue weighted by atomic mass is 9.89. The van der Waals surface area contributed by atoms with Gasteiger partial charge in [0.05, 0.1) is 6.42 Å². The van der Waals surface area contributed by atoms with Crippen LogP contribution in [0.5, 0.6) is 5.75 Å². The number of phenolic OH excluding ortho intramolecular Hbond substituents is 1. The third-order valence-corrected chi connectivity index (χ3v) is 4.46. The van der Waals surface area contributed by atoms with E-state index >= 15 is 0 Å². The zero-order chi connectivity index (χ0) is 20.1. The predicted octanol–water partition coefficient (Wildman–Crippen LogP) is 5.35. The van der Waals surface area contributed by atoms with Crippen LogP contribution in [0.1, 0.15) is 70.9 Å². The summed E-state index contributed by atoms with van der Waals surface area (Å²) in [6.07, 6.45) is 3.70. The molecule has 0 saturated carbocycles. The van der Waals surface area contributed by atoms with Crippen molar-refractivity contribution in [1.29, 1.82) is 0 Å². The molecule has 26 heavy (non-hydrogen) atoms. The van der Waals surface area contributed by atoms with Crippen molar-refractivity contribution in [3.8, 4) is 5.75 Å². The van der Waals surface area contributed by atoms with E-state index in [2.05, 4.69) is 31.7 Å². The Kier molecular flexibility index (Phi) is 12.5. The maximum absolute atomic E-state index is 11.0. The summed E-state index contributed by atoms with van der Waals surface area (Å²) in [7, 11) is 0. The molecule has 0 spiro atoms. The van der Waals surface area contributed by atoms with Gasteiger partial charge in [0, 0.05) is 0 Å². The summed E-state index contributed by atoms with van der Waals surface area (Å²) in [5.74, 6) is -0.778. The summed E-state index contributed by atoms with van der Waals surface area (Å²) in [6, 6.07) is 5.43. The van der Waals surface area contributed by atoms with Crippen molar-refractivity contribution in [1.82, 2.24) is 4.90 Å². The van der Waals surface area contributed by atoms with Crippen molar-refractivity contribution in [3.63, 3.8) is 0 Å². The van der Waals surface area contributed by atoms with Gasteiger partial charge in [0.15, 0.2) is 0 Å². The van der Waals surface area contributed by atoms with E-state index in [1.54, 1.807) is 6.07 Å². The molecule has 0 radical (unpaired) electrons. The number of benzene rings is 1. The fourth-order valence-electron chi connectivity index (χ4n) is 2.82. The molecule has 0 aliphatic rings. The number of phenols is 1. The Balaban J connectivity index is 0.000000758. The van der Waals surface area contributed by atoms with Gasteiger partial charge in [-0.2, -0.15) is 0 Å². The highest BCUT2D eigenvalue weighted by molar-refractivity contribution is 5.68. The molecule has 0 aromatic heterocycles. The van der Waals surface area contributed by atoms with E-state index in [4.69, 9.17) is 5.11 Å². The van der Waals surface area contributed by atoms with Gasteiger partial charge in [-0.25, -0.2) is 0 Å². The van der Waals surface area contributed by atoms with Crippen LogP contribution in [0.25, 0.3) is 0 Å². The number of nitrogens with zero attached hydrogens (tertiary/aromatic N) is 1. The summed E-state index contributed by atoms with van der Waals surface area (Å²) in [4.78, 5) is 13.3. The minimum Gasteiger partial charge on any atom is -0.508 e. The highest BCUT2D eigenvalue weighted by Gasteiger charge is 2.18. The second kappa shape index (κ2) is 13.4. The van der Waals surface area contributed by atoms with E-state index in [-0.39, 0.29) is 18.1 Å². The first-order valence-electron chi connectivity index (χ1n) is 9.62. The Labute approximate surface area is 159 Å². The highest BCUT2D eigenvalue weighted by atomic mass is 16.4. The van der Waals surface area contributed by atoms with E-state index in [0.29, 0.717) is 0 Å². The fourth-order valence-corrected chi connectivity index (χ4v) is 2.82. The molecule has 1 rings (SSSR count). The maximum Gasteiger partial charge on any atom is 0.303 e. The van der Waals surface area contributed by atoms with Crippen LogP contribution in [0.3, 0.4) is 0 Å². The predicted molar refractivity (Wildman–Crippen MR) is 110 cm³/mol. The van der Waals surface area contributed by atoms with Crippen LogP contribution in [0, 0.1) is 6.92 Å². The first-order valence-corrected chi connectivity index (χ1v) is 9.62. The molecule has 0 aliphatic heterocycles. The lowest BCUT2D eigenvalue weighted by Crippen LogP contribution is -2.21. The first kappa shape index (κ1) is 24.2. The van der Waals surface area contributed by atoms with Crippen molar-refractivity contribution in [2.24, 2.45) is 0 Å². The van der Waals surface area contributed by atoms with E-state index in [1.807, 2.05) is 32.9 Å². The van der Waals surface area contributed by atoms with Crippen molar-refractivity contribution < 1.29 is 15.0 Å². The smallest absolute Gasteiger partial charge is 0.303 e. The van der Waals surface area contributed by atoms with Crippen LogP contribution in [-0.2, 0) is 4.79 Å². The van der Waals surface area contributed by atoms with Crippen molar-refractivity contribution in [2.75, 3.05) is 19.6 Å². The number of rotatable bonds is 9. The average Bonchev–Trinajstić information content (AvgIpc) is 2.55. The molecule has 4 heteroatoms. The Bertz CT molecular complexity index is 553. The Morgan fingerprint density at radius 2 is 1.73 bits per heavy atom. The Morgan fingerprint density at radius 3 is 2.12 bits per heavy atom. The standard InChI is InChI=1S/C16H22O3.C6H15N/c1-11(2)5-4-6-13(10-16(18)19)14-8-7-12(3)9-15(14)17;1-4-7(5-2)6-3/h5,7-9,13,17H,4,6,10H2,1-3H3,(H,18,19);4-6H2,1-3H3. The SMILES string of the molecule is CC(C)=CCCC(CC(=O)O)c1ccc(C)cc1O.CCN(CC)CC. The molecule has 0 heterocycles. The van der Waals surface area contributed by atoms with Crippen molar-refractivity contribution >= 4 is 5.97 Å². The normalized spacial score (nSPS) is 11.5. The summed E-state index contributed by atoms with van der Waals surface area (Å²) in [5, 5.41) is 19.0. The number of allylic oxidation sites excluding steroid dienone is 2. The number of aryl methyl sites for hydroxylation is 1. The molecule has 0 saturated heterocycles. The molecule has 0 amide bonds. The number of carboxylic acids is 1. The van der Waals surface area contributed by atoms with Gasteiger partial charge in [0.1, 0.15) is 5.75 Å². The number of aliphatic carboxylic acids is 1. The monoisotopic (exact) mass is 363 g/mol. The lowest BCUT2D eigenvalue weighted by Gasteiger charge is -2.16. The number of carbonyl (C=O) groups is 1. The number of hydrogen-bond acceptors (Lipinski definition) is 3. The van der Waals surface area contributed by atoms with Crippen LogP contribution >= 0.6 is 0 Å². The molecular formula is C22H37NO3. The maximum atomic E-state index is 11.0. The lowest BCUT2D eigenvalue weighted by molar-refractivity contribution is -0.137. The molecule has 0 bridgehead atoms. The molecule has 1 atom stereocenters. The van der Waals surface area contributed by atoms with E-state index in [0.717, 1.165) is 24.0 Å². The van der Waals surface area contributed by atoms with Gasteiger partial charge in [-0.05, 0) is 76.4 Å². The van der Waals surface area contributed by atoms with E-state index in [9.17, 15) is 9.90 Å². The summed E-state index contributed by atoms with van der Waals surface area (Å²) in [5.41, 5.74) is 2.93. The van der Waals surface area contributed by atoms with Gasteiger partial charge < -0.3 is 15.1 Å². The van der Waals surface area contributed by atoms with Crippen LogP contribution in [-0.4, -0.2) is 40.7 Å². The van der Waals surface area contributed by atoms with Gasteiger partial charge in [0.25, 0.3) is 0 Å². The quantitative estimate of drug-likeness (QED) is 0.580. The van der Waals surface area contributed by atoms with Crippen LogP contribution < -0.4 is 0 Å². The highest BCUT2D eigenvalue weighted by Crippen LogP contribution is 2.32. The number of aromatic hydroxyl groups is 1.